The second kappa shape index (κ2) is 9.31. The number of rotatable bonds is 7. The predicted octanol–water partition coefficient (Wildman–Crippen LogP) is 6.13. The van der Waals surface area contributed by atoms with E-state index in [-0.39, 0.29) is 0 Å². The smallest absolute Gasteiger partial charge is 0.175 e. The van der Waals surface area contributed by atoms with Gasteiger partial charge in [-0.25, -0.2) is 0 Å². The highest BCUT2D eigenvalue weighted by molar-refractivity contribution is 9.10. The van der Waals surface area contributed by atoms with Gasteiger partial charge in [-0.15, -0.1) is 0 Å². The zero-order chi connectivity index (χ0) is 18.2. The van der Waals surface area contributed by atoms with E-state index in [1.165, 1.54) is 0 Å². The fourth-order valence-corrected chi connectivity index (χ4v) is 2.89. The van der Waals surface area contributed by atoms with Crippen molar-refractivity contribution in [1.82, 2.24) is 0 Å². The lowest BCUT2D eigenvalue weighted by atomic mass is 10.0. The molecule has 0 spiro atoms. The summed E-state index contributed by atoms with van der Waals surface area (Å²) >= 11 is 9.42. The minimum Gasteiger partial charge on any atom is -0.490 e. The Balaban J connectivity index is 2.45. The van der Waals surface area contributed by atoms with Gasteiger partial charge in [0, 0.05) is 5.02 Å². The molecule has 2 aromatic carbocycles. The minimum atomic E-state index is 0.377. The van der Waals surface area contributed by atoms with Gasteiger partial charge in [-0.1, -0.05) is 36.4 Å². The van der Waals surface area contributed by atoms with Gasteiger partial charge < -0.3 is 9.47 Å². The molecule has 0 aliphatic carbocycles. The number of hydrogen-bond donors (Lipinski definition) is 0. The molecule has 0 N–H and O–H groups in total. The Bertz CT molecular complexity index is 823. The molecule has 0 saturated carbocycles. The van der Waals surface area contributed by atoms with Crippen LogP contribution in [0.4, 0.5) is 0 Å². The molecule has 0 unspecified atom stereocenters. The second-order valence-electron chi connectivity index (χ2n) is 5.04. The molecule has 0 saturated heterocycles. The molecule has 0 heterocycles. The lowest BCUT2D eigenvalue weighted by Gasteiger charge is -2.14. The summed E-state index contributed by atoms with van der Waals surface area (Å²) in [6.45, 7) is 6.44. The van der Waals surface area contributed by atoms with Gasteiger partial charge in [0.2, 0.25) is 0 Å². The second-order valence-corrected chi connectivity index (χ2v) is 6.33. The number of nitriles is 1. The summed E-state index contributed by atoms with van der Waals surface area (Å²) in [5, 5.41) is 10.1. The topological polar surface area (TPSA) is 42.2 Å². The van der Waals surface area contributed by atoms with Crippen LogP contribution in [0.1, 0.15) is 18.1 Å². The highest BCUT2D eigenvalue weighted by atomic mass is 79.9. The van der Waals surface area contributed by atoms with Crippen LogP contribution in [0.15, 0.2) is 53.5 Å². The first kappa shape index (κ1) is 19.1. The van der Waals surface area contributed by atoms with Crippen LogP contribution in [0.3, 0.4) is 0 Å². The summed E-state index contributed by atoms with van der Waals surface area (Å²) in [6.07, 6.45) is 3.47. The van der Waals surface area contributed by atoms with Crippen LogP contribution in [-0.2, 0) is 0 Å². The van der Waals surface area contributed by atoms with E-state index in [2.05, 4.69) is 28.6 Å². The van der Waals surface area contributed by atoms with E-state index < -0.39 is 0 Å². The van der Waals surface area contributed by atoms with E-state index in [1.807, 2.05) is 31.2 Å². The van der Waals surface area contributed by atoms with Crippen LogP contribution in [0.2, 0.25) is 5.02 Å². The standard InChI is InChI=1S/C20H17BrClNO2/c1-3-9-25-20-18(21)11-14(12-19(20)24-4-2)10-16(13-23)15-5-7-17(22)8-6-15/h3,5-8,10-12H,1,4,9H2,2H3/b16-10-. The number of allylic oxidation sites excluding steroid dienone is 1. The lowest BCUT2D eigenvalue weighted by Crippen LogP contribution is -2.00. The summed E-state index contributed by atoms with van der Waals surface area (Å²) in [5.74, 6) is 1.22. The summed E-state index contributed by atoms with van der Waals surface area (Å²) in [4.78, 5) is 0. The molecule has 0 amide bonds. The lowest BCUT2D eigenvalue weighted by molar-refractivity contribution is 0.295. The highest BCUT2D eigenvalue weighted by Gasteiger charge is 2.12. The van der Waals surface area contributed by atoms with Crippen LogP contribution in [0.25, 0.3) is 11.6 Å². The largest absolute Gasteiger partial charge is 0.490 e. The van der Waals surface area contributed by atoms with E-state index in [0.29, 0.717) is 35.3 Å². The third kappa shape index (κ3) is 5.12. The molecule has 128 valence electrons. The molecule has 5 heteroatoms. The molecule has 0 fully saturated rings. The molecule has 0 atom stereocenters. The Morgan fingerprint density at radius 1 is 1.28 bits per heavy atom. The molecule has 0 aromatic heterocycles. The molecular weight excluding hydrogens is 402 g/mol. The van der Waals surface area contributed by atoms with Crippen molar-refractivity contribution in [3.8, 4) is 17.6 Å². The van der Waals surface area contributed by atoms with Crippen molar-refractivity contribution in [2.24, 2.45) is 0 Å². The zero-order valence-electron chi connectivity index (χ0n) is 13.8. The van der Waals surface area contributed by atoms with E-state index in [0.717, 1.165) is 15.6 Å². The Kier molecular flexibility index (Phi) is 7.12. The monoisotopic (exact) mass is 417 g/mol. The third-order valence-electron chi connectivity index (χ3n) is 3.26. The average Bonchev–Trinajstić information content (AvgIpc) is 2.60. The molecule has 0 aliphatic rings. The van der Waals surface area contributed by atoms with Gasteiger partial charge in [-0.05, 0) is 64.3 Å². The van der Waals surface area contributed by atoms with Crippen molar-refractivity contribution in [2.75, 3.05) is 13.2 Å². The van der Waals surface area contributed by atoms with Crippen molar-refractivity contribution in [1.29, 1.82) is 5.26 Å². The number of benzene rings is 2. The van der Waals surface area contributed by atoms with E-state index in [1.54, 1.807) is 24.3 Å². The molecule has 0 radical (unpaired) electrons. The number of ether oxygens (including phenoxy) is 2. The summed E-state index contributed by atoms with van der Waals surface area (Å²) in [5.41, 5.74) is 2.16. The molecule has 0 bridgehead atoms. The number of hydrogen-bond acceptors (Lipinski definition) is 3. The molecule has 2 aromatic rings. The van der Waals surface area contributed by atoms with E-state index in [9.17, 15) is 5.26 Å². The Morgan fingerprint density at radius 2 is 2.00 bits per heavy atom. The van der Waals surface area contributed by atoms with Gasteiger partial charge >= 0.3 is 0 Å². The Labute approximate surface area is 161 Å². The average molecular weight is 419 g/mol. The van der Waals surface area contributed by atoms with Crippen molar-refractivity contribution in [3.05, 3.63) is 69.7 Å². The Morgan fingerprint density at radius 3 is 2.60 bits per heavy atom. The van der Waals surface area contributed by atoms with Crippen LogP contribution >= 0.6 is 27.5 Å². The molecule has 0 aliphatic heterocycles. The maximum absolute atomic E-state index is 9.49. The van der Waals surface area contributed by atoms with Gasteiger partial charge in [-0.2, -0.15) is 5.26 Å². The number of halogens is 2. The minimum absolute atomic E-state index is 0.377. The first-order chi connectivity index (χ1) is 12.1. The highest BCUT2D eigenvalue weighted by Crippen LogP contribution is 2.38. The predicted molar refractivity (Wildman–Crippen MR) is 106 cm³/mol. The van der Waals surface area contributed by atoms with Crippen molar-refractivity contribution < 1.29 is 9.47 Å². The summed E-state index contributed by atoms with van der Waals surface area (Å²) in [6, 6.07) is 13.1. The van der Waals surface area contributed by atoms with E-state index >= 15 is 0 Å². The normalized spacial score (nSPS) is 10.9. The first-order valence-electron chi connectivity index (χ1n) is 7.66. The molecule has 2 rings (SSSR count). The summed E-state index contributed by atoms with van der Waals surface area (Å²) in [7, 11) is 0. The maximum atomic E-state index is 9.49. The van der Waals surface area contributed by atoms with Gasteiger partial charge in [0.1, 0.15) is 6.61 Å². The third-order valence-corrected chi connectivity index (χ3v) is 4.10. The first-order valence-corrected chi connectivity index (χ1v) is 8.84. The van der Waals surface area contributed by atoms with Crippen LogP contribution in [0.5, 0.6) is 11.5 Å². The van der Waals surface area contributed by atoms with Crippen molar-refractivity contribution >= 4 is 39.2 Å². The van der Waals surface area contributed by atoms with Gasteiger partial charge in [0.05, 0.1) is 22.7 Å². The summed E-state index contributed by atoms with van der Waals surface area (Å²) < 4.78 is 12.1. The van der Waals surface area contributed by atoms with Crippen LogP contribution in [-0.4, -0.2) is 13.2 Å². The van der Waals surface area contributed by atoms with Crippen LogP contribution < -0.4 is 9.47 Å². The fraction of sp³-hybridized carbons (Fsp3) is 0.150. The van der Waals surface area contributed by atoms with Gasteiger partial charge in [-0.3, -0.25) is 0 Å². The van der Waals surface area contributed by atoms with Gasteiger partial charge in [0.15, 0.2) is 11.5 Å². The molecule has 3 nitrogen and oxygen atoms in total. The quantitative estimate of drug-likeness (QED) is 0.308. The molecular formula is C20H17BrClNO2. The van der Waals surface area contributed by atoms with Crippen molar-refractivity contribution in [3.63, 3.8) is 0 Å². The van der Waals surface area contributed by atoms with Crippen LogP contribution in [0, 0.1) is 11.3 Å². The maximum Gasteiger partial charge on any atom is 0.175 e. The SMILES string of the molecule is C=CCOc1c(Br)cc(/C=C(/C#N)c2ccc(Cl)cc2)cc1OCC. The Hall–Kier alpha value is -2.22. The van der Waals surface area contributed by atoms with Gasteiger partial charge in [0.25, 0.3) is 0 Å². The number of nitrogens with zero attached hydrogens (tertiary/aromatic N) is 1. The molecule has 25 heavy (non-hydrogen) atoms. The fourth-order valence-electron chi connectivity index (χ4n) is 2.19. The van der Waals surface area contributed by atoms with Crippen molar-refractivity contribution in [2.45, 2.75) is 6.92 Å². The zero-order valence-corrected chi connectivity index (χ0v) is 16.1. The van der Waals surface area contributed by atoms with E-state index in [4.69, 9.17) is 21.1 Å².